The topological polar surface area (TPSA) is 97.3 Å². The van der Waals surface area contributed by atoms with Gasteiger partial charge in [-0.05, 0) is 68.5 Å². The largest absolute Gasteiger partial charge is 0.507 e. The second-order valence-electron chi connectivity index (χ2n) is 17.9. The van der Waals surface area contributed by atoms with Gasteiger partial charge in [0.05, 0.1) is 32.6 Å². The Labute approximate surface area is 391 Å². The minimum absolute atomic E-state index is 0.0367. The molecule has 0 fully saturated rings. The first-order chi connectivity index (χ1) is 30.3. The van der Waals surface area contributed by atoms with E-state index in [2.05, 4.69) is 45.7 Å². The van der Waals surface area contributed by atoms with Gasteiger partial charge in [0.15, 0.2) is 11.5 Å². The smallest absolute Gasteiger partial charge is 0.308 e. The molecule has 0 aliphatic heterocycles. The van der Waals surface area contributed by atoms with Crippen LogP contribution in [0.15, 0.2) is 57.5 Å². The molecule has 0 spiro atoms. The van der Waals surface area contributed by atoms with E-state index in [1.807, 2.05) is 17.4 Å². The molecule has 342 valence electrons. The number of hydrogen-bond donors (Lipinski definition) is 2. The van der Waals surface area contributed by atoms with Crippen LogP contribution < -0.4 is 5.32 Å². The SMILES string of the molecule is CCCCCCCCCCCCCCCCC(CCCCCCCCCCCCCC)C(=O)OCCc1cc(Br)c([NH2+]c2ccc(O)c3c2C(=O)c2ccccc2C3=O)c(Br)c1. The first-order valence-electron chi connectivity index (χ1n) is 24.8. The van der Waals surface area contributed by atoms with Crippen LogP contribution in [-0.2, 0) is 16.0 Å². The Morgan fingerprint density at radius 2 is 0.984 bits per heavy atom. The second kappa shape index (κ2) is 30.3. The van der Waals surface area contributed by atoms with Crippen molar-refractivity contribution < 1.29 is 29.5 Å². The summed E-state index contributed by atoms with van der Waals surface area (Å²) in [4.78, 5) is 40.6. The van der Waals surface area contributed by atoms with E-state index in [0.717, 1.165) is 45.9 Å². The predicted molar refractivity (Wildman–Crippen MR) is 263 cm³/mol. The number of phenols is 1. The lowest BCUT2D eigenvalue weighted by atomic mass is 9.82. The molecule has 1 aliphatic carbocycles. The van der Waals surface area contributed by atoms with Crippen molar-refractivity contribution in [2.24, 2.45) is 5.92 Å². The Hall–Kier alpha value is -2.81. The van der Waals surface area contributed by atoms with Crippen LogP contribution in [-0.4, -0.2) is 29.2 Å². The summed E-state index contributed by atoms with van der Waals surface area (Å²) in [5.74, 6) is -0.942. The lowest BCUT2D eigenvalue weighted by Gasteiger charge is -2.20. The van der Waals surface area contributed by atoms with Crippen molar-refractivity contribution in [1.82, 2.24) is 0 Å². The van der Waals surface area contributed by atoms with Gasteiger partial charge in [-0.25, -0.2) is 0 Å². The maximum absolute atomic E-state index is 13.7. The number of esters is 1. The number of ketones is 2. The number of hydrogen-bond acceptors (Lipinski definition) is 5. The Morgan fingerprint density at radius 1 is 0.581 bits per heavy atom. The summed E-state index contributed by atoms with van der Waals surface area (Å²) in [6, 6.07) is 13.9. The Kier molecular flexibility index (Phi) is 25.4. The van der Waals surface area contributed by atoms with Crippen molar-refractivity contribution in [2.75, 3.05) is 6.61 Å². The quantitative estimate of drug-likeness (QED) is 0.0210. The zero-order chi connectivity index (χ0) is 44.4. The lowest BCUT2D eigenvalue weighted by molar-refractivity contribution is -0.480. The van der Waals surface area contributed by atoms with E-state index in [4.69, 9.17) is 4.74 Å². The zero-order valence-electron chi connectivity index (χ0n) is 38.3. The minimum atomic E-state index is -0.359. The number of phenolic OH excluding ortho intramolecular Hbond substituents is 1. The van der Waals surface area contributed by atoms with E-state index in [0.29, 0.717) is 29.8 Å². The standard InChI is InChI=1S/C54H77Br2NO5/c1-3-5-7-9-11-13-15-17-18-20-22-24-26-28-32-42(31-27-25-23-21-19-16-14-12-10-8-6-4-2)54(61)62-38-37-41-39-45(55)51(46(56)40-41)57-47-35-36-48(58)50-49(47)52(59)43-33-29-30-34-44(43)53(50)60/h29-30,33-36,39-40,42,57-58H,3-28,31-32,37-38H2,1-2H3/p+1. The minimum Gasteiger partial charge on any atom is -0.507 e. The van der Waals surface area contributed by atoms with Gasteiger partial charge in [0.1, 0.15) is 11.4 Å². The second-order valence-corrected chi connectivity index (χ2v) is 19.6. The summed E-state index contributed by atoms with van der Waals surface area (Å²) >= 11 is 7.47. The van der Waals surface area contributed by atoms with Crippen LogP contribution in [0.5, 0.6) is 5.75 Å². The number of aromatic hydroxyl groups is 1. The van der Waals surface area contributed by atoms with Crippen molar-refractivity contribution in [3.8, 4) is 5.75 Å². The molecule has 1 aliphatic rings. The van der Waals surface area contributed by atoms with Gasteiger partial charge in [-0.3, -0.25) is 19.7 Å². The van der Waals surface area contributed by atoms with Crippen LogP contribution in [0.3, 0.4) is 0 Å². The first-order valence-corrected chi connectivity index (χ1v) is 26.4. The molecule has 3 N–H and O–H groups in total. The van der Waals surface area contributed by atoms with E-state index in [1.165, 1.54) is 160 Å². The van der Waals surface area contributed by atoms with Gasteiger partial charge >= 0.3 is 5.97 Å². The first kappa shape index (κ1) is 51.8. The number of unbranched alkanes of at least 4 members (excludes halogenated alkanes) is 24. The van der Waals surface area contributed by atoms with Crippen LogP contribution >= 0.6 is 31.9 Å². The number of halogens is 2. The zero-order valence-corrected chi connectivity index (χ0v) is 41.5. The average molecular weight is 981 g/mol. The summed E-state index contributed by atoms with van der Waals surface area (Å²) in [5.41, 5.74) is 3.23. The number of ether oxygens (including phenoxy) is 1. The van der Waals surface area contributed by atoms with Gasteiger partial charge < -0.3 is 9.84 Å². The number of quaternary nitrogens is 1. The van der Waals surface area contributed by atoms with Gasteiger partial charge in [0, 0.05) is 23.6 Å². The van der Waals surface area contributed by atoms with E-state index < -0.39 is 0 Å². The van der Waals surface area contributed by atoms with Gasteiger partial charge in [-0.2, -0.15) is 0 Å². The molecular weight excluding hydrogens is 902 g/mol. The lowest BCUT2D eigenvalue weighted by Crippen LogP contribution is -2.72. The monoisotopic (exact) mass is 978 g/mol. The highest BCUT2D eigenvalue weighted by Gasteiger charge is 2.36. The summed E-state index contributed by atoms with van der Waals surface area (Å²) in [5, 5.41) is 12.5. The van der Waals surface area contributed by atoms with Crippen LogP contribution in [0.4, 0.5) is 11.4 Å². The van der Waals surface area contributed by atoms with Crippen molar-refractivity contribution in [1.29, 1.82) is 0 Å². The number of benzene rings is 3. The molecule has 1 unspecified atom stereocenters. The highest BCUT2D eigenvalue weighted by molar-refractivity contribution is 9.11. The molecule has 4 rings (SSSR count). The molecule has 0 radical (unpaired) electrons. The number of carbonyl (C=O) groups excluding carboxylic acids is 3. The molecule has 6 nitrogen and oxygen atoms in total. The van der Waals surface area contributed by atoms with Crippen molar-refractivity contribution in [3.63, 3.8) is 0 Å². The molecule has 0 amide bonds. The molecule has 0 aromatic heterocycles. The molecule has 1 atom stereocenters. The fraction of sp³-hybridized carbons (Fsp3) is 0.611. The van der Waals surface area contributed by atoms with Crippen LogP contribution in [0, 0.1) is 5.92 Å². The maximum Gasteiger partial charge on any atom is 0.308 e. The van der Waals surface area contributed by atoms with Crippen LogP contribution in [0.2, 0.25) is 0 Å². The Bertz CT molecular complexity index is 1780. The Morgan fingerprint density at radius 3 is 1.42 bits per heavy atom. The maximum atomic E-state index is 13.7. The fourth-order valence-electron chi connectivity index (χ4n) is 9.01. The highest BCUT2D eigenvalue weighted by atomic mass is 79.9. The molecular formula is C54H78Br2NO5+. The number of nitrogens with two attached hydrogens (primary N) is 1. The Balaban J connectivity index is 1.24. The third-order valence-corrected chi connectivity index (χ3v) is 14.1. The molecule has 0 saturated heterocycles. The summed E-state index contributed by atoms with van der Waals surface area (Å²) in [6.07, 6.45) is 36.7. The van der Waals surface area contributed by atoms with Crippen molar-refractivity contribution in [3.05, 3.63) is 85.3 Å². The van der Waals surface area contributed by atoms with Crippen molar-refractivity contribution >= 4 is 60.8 Å². The number of rotatable bonds is 34. The van der Waals surface area contributed by atoms with Gasteiger partial charge in [-0.1, -0.05) is 205 Å². The van der Waals surface area contributed by atoms with Crippen molar-refractivity contribution in [2.45, 2.75) is 200 Å². The van der Waals surface area contributed by atoms with E-state index in [1.54, 1.807) is 30.3 Å². The fourth-order valence-corrected chi connectivity index (χ4v) is 10.5. The molecule has 0 heterocycles. The molecule has 0 saturated carbocycles. The van der Waals surface area contributed by atoms with Gasteiger partial charge in [0.25, 0.3) is 0 Å². The molecule has 8 heteroatoms. The van der Waals surface area contributed by atoms with Gasteiger partial charge in [0.2, 0.25) is 5.78 Å². The third-order valence-electron chi connectivity index (χ3n) is 12.8. The van der Waals surface area contributed by atoms with E-state index in [9.17, 15) is 19.5 Å². The molecule has 3 aromatic carbocycles. The summed E-state index contributed by atoms with van der Waals surface area (Å²) in [7, 11) is 0. The van der Waals surface area contributed by atoms with E-state index in [-0.39, 0.29) is 40.3 Å². The van der Waals surface area contributed by atoms with Crippen LogP contribution in [0.25, 0.3) is 0 Å². The number of carbonyl (C=O) groups is 3. The average Bonchev–Trinajstić information content (AvgIpc) is 3.26. The predicted octanol–water partition coefficient (Wildman–Crippen LogP) is 15.9. The number of fused-ring (bicyclic) bond motifs is 2. The molecule has 0 bridgehead atoms. The highest BCUT2D eigenvalue weighted by Crippen LogP contribution is 2.37. The van der Waals surface area contributed by atoms with Crippen LogP contribution in [0.1, 0.15) is 231 Å². The summed E-state index contributed by atoms with van der Waals surface area (Å²) < 4.78 is 7.59. The molecule has 62 heavy (non-hydrogen) atoms. The van der Waals surface area contributed by atoms with Gasteiger partial charge in [-0.15, -0.1) is 0 Å². The summed E-state index contributed by atoms with van der Waals surface area (Å²) in [6.45, 7) is 4.87. The third kappa shape index (κ3) is 17.6. The van der Waals surface area contributed by atoms with E-state index >= 15 is 0 Å². The normalized spacial score (nSPS) is 12.7. The molecule has 3 aromatic rings.